The van der Waals surface area contributed by atoms with Crippen LogP contribution in [-0.4, -0.2) is 0 Å². The van der Waals surface area contributed by atoms with Crippen LogP contribution >= 0.6 is 0 Å². The van der Waals surface area contributed by atoms with Crippen molar-refractivity contribution in [2.24, 2.45) is 17.8 Å². The topological polar surface area (TPSA) is 0 Å². The molecule has 0 N–H and O–H groups in total. The van der Waals surface area contributed by atoms with Crippen molar-refractivity contribution >= 4 is 0 Å². The largest absolute Gasteiger partial charge is 0.207 e. The molecule has 0 radical (unpaired) electrons. The number of rotatable bonds is 2. The molecule has 4 atom stereocenters. The molecule has 0 spiro atoms. The van der Waals surface area contributed by atoms with Gasteiger partial charge in [-0.3, -0.25) is 0 Å². The van der Waals surface area contributed by atoms with Crippen LogP contribution in [0.4, 0.5) is 8.78 Å². The fourth-order valence-electron chi connectivity index (χ4n) is 5.14. The molecule has 0 bridgehead atoms. The lowest BCUT2D eigenvalue weighted by Crippen LogP contribution is -2.29. The van der Waals surface area contributed by atoms with E-state index in [1.165, 1.54) is 63.1 Å². The number of allylic oxidation sites excluding steroid dienone is 1. The second-order valence-corrected chi connectivity index (χ2v) is 8.78. The maximum Gasteiger partial charge on any atom is 0.130 e. The van der Waals surface area contributed by atoms with Crippen LogP contribution in [0.15, 0.2) is 49.1 Å². The highest BCUT2D eigenvalue weighted by Gasteiger charge is 2.35. The number of benzene rings is 2. The molecule has 4 rings (SSSR count). The number of halogens is 2. The van der Waals surface area contributed by atoms with Crippen molar-refractivity contribution in [1.29, 1.82) is 0 Å². The van der Waals surface area contributed by atoms with Crippen LogP contribution in [0.1, 0.15) is 66.7 Å². The molecule has 0 nitrogen and oxygen atoms in total. The van der Waals surface area contributed by atoms with Gasteiger partial charge in [0.15, 0.2) is 0 Å². The van der Waals surface area contributed by atoms with E-state index in [-0.39, 0.29) is 5.56 Å². The summed E-state index contributed by atoms with van der Waals surface area (Å²) in [7, 11) is 0. The molecule has 2 aliphatic rings. The van der Waals surface area contributed by atoms with Crippen molar-refractivity contribution in [2.45, 2.75) is 51.4 Å². The minimum atomic E-state index is -0.553. The Morgan fingerprint density at radius 2 is 1.48 bits per heavy atom. The molecule has 2 saturated carbocycles. The highest BCUT2D eigenvalue weighted by Crippen LogP contribution is 2.47. The van der Waals surface area contributed by atoms with Gasteiger partial charge in [-0.2, -0.15) is 0 Å². The van der Waals surface area contributed by atoms with Crippen LogP contribution in [0.3, 0.4) is 0 Å². The first-order chi connectivity index (χ1) is 14.0. The summed E-state index contributed by atoms with van der Waals surface area (Å²) in [4.78, 5) is 0. The summed E-state index contributed by atoms with van der Waals surface area (Å²) in [5, 5.41) is 0. The lowest BCUT2D eigenvalue weighted by molar-refractivity contribution is 0.133. The Morgan fingerprint density at radius 3 is 2.17 bits per heavy atom. The monoisotopic (exact) mass is 390 g/mol. The van der Waals surface area contributed by atoms with Crippen molar-refractivity contribution in [2.75, 3.05) is 0 Å². The van der Waals surface area contributed by atoms with Crippen molar-refractivity contribution in [3.8, 4) is 11.8 Å². The van der Waals surface area contributed by atoms with Gasteiger partial charge in [-0.1, -0.05) is 30.0 Å². The van der Waals surface area contributed by atoms with E-state index >= 15 is 0 Å². The Bertz CT molecular complexity index is 922. The lowest BCUT2D eigenvalue weighted by Gasteiger charge is -2.41. The van der Waals surface area contributed by atoms with Gasteiger partial charge in [-0.15, -0.1) is 6.58 Å². The van der Waals surface area contributed by atoms with Gasteiger partial charge in [0, 0.05) is 16.7 Å². The number of fused-ring (bicyclic) bond motifs is 1. The molecule has 0 heterocycles. The van der Waals surface area contributed by atoms with Gasteiger partial charge in [0.25, 0.3) is 0 Å². The smallest absolute Gasteiger partial charge is 0.130 e. The molecule has 0 saturated heterocycles. The quantitative estimate of drug-likeness (QED) is 0.377. The summed E-state index contributed by atoms with van der Waals surface area (Å²) in [6, 6.07) is 11.0. The van der Waals surface area contributed by atoms with Crippen LogP contribution in [0, 0.1) is 48.2 Å². The van der Waals surface area contributed by atoms with E-state index in [1.54, 1.807) is 0 Å². The van der Waals surface area contributed by atoms with Gasteiger partial charge in [0.2, 0.25) is 0 Å². The van der Waals surface area contributed by atoms with E-state index in [9.17, 15) is 8.78 Å². The van der Waals surface area contributed by atoms with Gasteiger partial charge >= 0.3 is 0 Å². The highest BCUT2D eigenvalue weighted by molar-refractivity contribution is 5.45. The molecule has 29 heavy (non-hydrogen) atoms. The van der Waals surface area contributed by atoms with Crippen LogP contribution in [-0.2, 0) is 0 Å². The standard InChI is InChI=1S/C27H28F2/c1-3-19-6-11-25-17-24(13-12-23(25)14-19)22-9-7-20(8-10-22)4-5-21-15-26(28)18(2)27(29)16-21/h3,7-10,15-16,19,23-25H,1,6,11-14,17H2,2H3. The van der Waals surface area contributed by atoms with Gasteiger partial charge < -0.3 is 0 Å². The van der Waals surface area contributed by atoms with E-state index in [0.29, 0.717) is 11.5 Å². The number of hydrogen-bond acceptors (Lipinski definition) is 0. The van der Waals surface area contributed by atoms with Crippen LogP contribution in [0.25, 0.3) is 0 Å². The Hall–Kier alpha value is -2.40. The molecule has 2 aromatic carbocycles. The molecule has 2 fully saturated rings. The van der Waals surface area contributed by atoms with Gasteiger partial charge in [-0.25, -0.2) is 8.78 Å². The Balaban J connectivity index is 1.42. The van der Waals surface area contributed by atoms with E-state index in [1.807, 2.05) is 12.1 Å². The summed E-state index contributed by atoms with van der Waals surface area (Å²) in [6.45, 7) is 5.42. The second kappa shape index (κ2) is 8.54. The average Bonchev–Trinajstić information content (AvgIpc) is 2.75. The van der Waals surface area contributed by atoms with Crippen LogP contribution in [0.5, 0.6) is 0 Å². The van der Waals surface area contributed by atoms with Gasteiger partial charge in [0.05, 0.1) is 0 Å². The molecular weight excluding hydrogens is 362 g/mol. The minimum absolute atomic E-state index is 0.0348. The fourth-order valence-corrected chi connectivity index (χ4v) is 5.14. The minimum Gasteiger partial charge on any atom is -0.207 e. The third-order valence-corrected chi connectivity index (χ3v) is 7.00. The Kier molecular flexibility index (Phi) is 5.86. The van der Waals surface area contributed by atoms with Crippen molar-refractivity contribution in [3.05, 3.63) is 82.9 Å². The molecule has 150 valence electrons. The second-order valence-electron chi connectivity index (χ2n) is 8.78. The van der Waals surface area contributed by atoms with E-state index < -0.39 is 11.6 Å². The van der Waals surface area contributed by atoms with E-state index in [4.69, 9.17) is 0 Å². The third-order valence-electron chi connectivity index (χ3n) is 7.00. The van der Waals surface area contributed by atoms with Crippen molar-refractivity contribution in [3.63, 3.8) is 0 Å². The Labute approximate surface area is 173 Å². The predicted molar refractivity (Wildman–Crippen MR) is 115 cm³/mol. The molecule has 0 aliphatic heterocycles. The first kappa shape index (κ1) is 19.9. The summed E-state index contributed by atoms with van der Waals surface area (Å²) in [6.07, 6.45) is 10.00. The lowest BCUT2D eigenvalue weighted by atomic mass is 9.64. The zero-order valence-corrected chi connectivity index (χ0v) is 17.1. The van der Waals surface area contributed by atoms with Crippen LogP contribution in [0.2, 0.25) is 0 Å². The first-order valence-electron chi connectivity index (χ1n) is 10.7. The SMILES string of the molecule is C=CC1CCC2CC(c3ccc(C#Cc4cc(F)c(C)c(F)c4)cc3)CCC2C1. The first-order valence-corrected chi connectivity index (χ1v) is 10.7. The molecule has 2 aliphatic carbocycles. The summed E-state index contributed by atoms with van der Waals surface area (Å²) in [5.74, 6) is 7.90. The van der Waals surface area contributed by atoms with E-state index in [2.05, 4.69) is 36.6 Å². The molecule has 0 amide bonds. The summed E-state index contributed by atoms with van der Waals surface area (Å²) in [5.41, 5.74) is 2.67. The normalized spacial score (nSPS) is 26.2. The predicted octanol–water partition coefficient (Wildman–Crippen LogP) is 7.16. The maximum absolute atomic E-state index is 13.7. The number of hydrogen-bond donors (Lipinski definition) is 0. The molecular formula is C27H28F2. The Morgan fingerprint density at radius 1 is 0.862 bits per heavy atom. The molecule has 0 aromatic heterocycles. The van der Waals surface area contributed by atoms with Crippen molar-refractivity contribution < 1.29 is 8.78 Å². The summed E-state index contributed by atoms with van der Waals surface area (Å²) < 4.78 is 27.3. The van der Waals surface area contributed by atoms with E-state index in [0.717, 1.165) is 23.3 Å². The average molecular weight is 391 g/mol. The molecule has 2 heteroatoms. The highest BCUT2D eigenvalue weighted by atomic mass is 19.1. The van der Waals surface area contributed by atoms with Crippen LogP contribution < -0.4 is 0 Å². The zero-order chi connectivity index (χ0) is 20.4. The summed E-state index contributed by atoms with van der Waals surface area (Å²) >= 11 is 0. The fraction of sp³-hybridized carbons (Fsp3) is 0.407. The maximum atomic E-state index is 13.7. The molecule has 4 unspecified atom stereocenters. The van der Waals surface area contributed by atoms with Gasteiger partial charge in [0.1, 0.15) is 11.6 Å². The van der Waals surface area contributed by atoms with Crippen molar-refractivity contribution in [1.82, 2.24) is 0 Å². The zero-order valence-electron chi connectivity index (χ0n) is 17.1. The third kappa shape index (κ3) is 4.45. The van der Waals surface area contributed by atoms with Gasteiger partial charge in [-0.05, 0) is 98.9 Å². The molecule has 2 aromatic rings.